The van der Waals surface area contributed by atoms with Gasteiger partial charge in [-0.1, -0.05) is 0 Å². The van der Waals surface area contributed by atoms with Gasteiger partial charge in [-0.25, -0.2) is 0 Å². The van der Waals surface area contributed by atoms with Gasteiger partial charge in [-0.2, -0.15) is 0 Å². The standard InChI is InChI=1S/C22H25N3O6/c1-3-30-21-12-16-10-14(2)31-20(16)13-17(21)23-22(26)15-4-5-18(19(11-15)25(27)28)24-6-8-29-9-7-24/h4-5,11-14H,3,6-10H2,1-2H3,(H,23,26)/t14-/m1/s1. The lowest BCUT2D eigenvalue weighted by molar-refractivity contribution is -0.384. The SMILES string of the molecule is CCOc1cc2c(cc1NC(=O)c1ccc(N3CCOCC3)c([N+](=O)[O-])c1)O[C@H](C)C2. The van der Waals surface area contributed by atoms with E-state index in [1.54, 1.807) is 18.2 Å². The van der Waals surface area contributed by atoms with E-state index in [4.69, 9.17) is 14.2 Å². The first kappa shape index (κ1) is 20.9. The Kier molecular flexibility index (Phi) is 5.94. The van der Waals surface area contributed by atoms with Crippen LogP contribution in [-0.2, 0) is 11.2 Å². The number of anilines is 2. The number of ether oxygens (including phenoxy) is 3. The van der Waals surface area contributed by atoms with Gasteiger partial charge in [0.15, 0.2) is 0 Å². The maximum atomic E-state index is 12.9. The molecule has 0 bridgehead atoms. The van der Waals surface area contributed by atoms with Gasteiger partial charge in [0.25, 0.3) is 11.6 Å². The monoisotopic (exact) mass is 427 g/mol. The summed E-state index contributed by atoms with van der Waals surface area (Å²) in [7, 11) is 0. The van der Waals surface area contributed by atoms with E-state index in [9.17, 15) is 14.9 Å². The molecule has 31 heavy (non-hydrogen) atoms. The van der Waals surface area contributed by atoms with Crippen molar-refractivity contribution in [3.05, 3.63) is 51.6 Å². The van der Waals surface area contributed by atoms with E-state index in [0.717, 1.165) is 12.0 Å². The molecule has 2 aromatic rings. The lowest BCUT2D eigenvalue weighted by Crippen LogP contribution is -2.36. The number of fused-ring (bicyclic) bond motifs is 1. The number of amides is 1. The summed E-state index contributed by atoms with van der Waals surface area (Å²) in [6.07, 6.45) is 0.838. The Bertz CT molecular complexity index is 1000. The average molecular weight is 427 g/mol. The van der Waals surface area contributed by atoms with Crippen LogP contribution >= 0.6 is 0 Å². The molecule has 9 heteroatoms. The van der Waals surface area contributed by atoms with Crippen LogP contribution in [0.2, 0.25) is 0 Å². The summed E-state index contributed by atoms with van der Waals surface area (Å²) < 4.78 is 16.8. The predicted molar refractivity (Wildman–Crippen MR) is 115 cm³/mol. The summed E-state index contributed by atoms with van der Waals surface area (Å²) in [6, 6.07) is 8.15. The molecule has 0 unspecified atom stereocenters. The van der Waals surface area contributed by atoms with E-state index in [1.807, 2.05) is 24.8 Å². The Labute approximate surface area is 180 Å². The van der Waals surface area contributed by atoms with Crippen LogP contribution in [0.25, 0.3) is 0 Å². The molecule has 0 radical (unpaired) electrons. The molecule has 1 fully saturated rings. The molecule has 1 N–H and O–H groups in total. The van der Waals surface area contributed by atoms with Gasteiger partial charge >= 0.3 is 0 Å². The second-order valence-corrected chi connectivity index (χ2v) is 7.54. The zero-order chi connectivity index (χ0) is 22.0. The third-order valence-corrected chi connectivity index (χ3v) is 5.33. The summed E-state index contributed by atoms with van der Waals surface area (Å²) in [6.45, 7) is 6.45. The molecule has 1 amide bonds. The van der Waals surface area contributed by atoms with E-state index < -0.39 is 10.8 Å². The van der Waals surface area contributed by atoms with E-state index in [2.05, 4.69) is 5.32 Å². The van der Waals surface area contributed by atoms with Gasteiger partial charge in [0.2, 0.25) is 0 Å². The summed E-state index contributed by atoms with van der Waals surface area (Å²) in [4.78, 5) is 26.0. The number of nitrogens with one attached hydrogen (secondary N) is 1. The van der Waals surface area contributed by atoms with Crippen molar-refractivity contribution in [2.75, 3.05) is 43.1 Å². The van der Waals surface area contributed by atoms with Crippen molar-refractivity contribution in [3.8, 4) is 11.5 Å². The van der Waals surface area contributed by atoms with Gasteiger partial charge in [0.05, 0.1) is 30.4 Å². The number of carbonyl (C=O) groups excluding carboxylic acids is 1. The highest BCUT2D eigenvalue weighted by Gasteiger charge is 2.25. The van der Waals surface area contributed by atoms with Crippen LogP contribution in [0.1, 0.15) is 29.8 Å². The largest absolute Gasteiger partial charge is 0.492 e. The number of nitro benzene ring substituents is 1. The Morgan fingerprint density at radius 1 is 1.29 bits per heavy atom. The van der Waals surface area contributed by atoms with Crippen molar-refractivity contribution >= 4 is 23.0 Å². The summed E-state index contributed by atoms with van der Waals surface area (Å²) in [5.41, 5.74) is 2.07. The molecule has 4 rings (SSSR count). The summed E-state index contributed by atoms with van der Waals surface area (Å²) in [5.74, 6) is 0.801. The number of hydrogen-bond donors (Lipinski definition) is 1. The van der Waals surface area contributed by atoms with E-state index >= 15 is 0 Å². The van der Waals surface area contributed by atoms with Crippen LogP contribution < -0.4 is 19.7 Å². The topological polar surface area (TPSA) is 103 Å². The maximum absolute atomic E-state index is 12.9. The Balaban J connectivity index is 1.61. The normalized spacial score (nSPS) is 17.6. The van der Waals surface area contributed by atoms with Gasteiger partial charge in [0, 0.05) is 42.8 Å². The number of nitro groups is 1. The molecule has 0 saturated carbocycles. The van der Waals surface area contributed by atoms with Crippen molar-refractivity contribution in [1.29, 1.82) is 0 Å². The number of nitrogens with zero attached hydrogens (tertiary/aromatic N) is 2. The molecule has 0 aliphatic carbocycles. The maximum Gasteiger partial charge on any atom is 0.293 e. The first-order chi connectivity index (χ1) is 15.0. The number of hydrogen-bond acceptors (Lipinski definition) is 7. The van der Waals surface area contributed by atoms with Crippen molar-refractivity contribution in [2.45, 2.75) is 26.4 Å². The highest BCUT2D eigenvalue weighted by molar-refractivity contribution is 6.06. The zero-order valence-corrected chi connectivity index (χ0v) is 17.6. The molecule has 2 aliphatic rings. The number of morpholine rings is 1. The first-order valence-corrected chi connectivity index (χ1v) is 10.3. The van der Waals surface area contributed by atoms with Crippen LogP contribution in [0.4, 0.5) is 17.1 Å². The zero-order valence-electron chi connectivity index (χ0n) is 17.6. The second-order valence-electron chi connectivity index (χ2n) is 7.54. The van der Waals surface area contributed by atoms with Gasteiger partial charge in [-0.3, -0.25) is 14.9 Å². The molecular weight excluding hydrogens is 402 g/mol. The fourth-order valence-corrected chi connectivity index (χ4v) is 3.89. The Morgan fingerprint density at radius 2 is 2.06 bits per heavy atom. The number of rotatable bonds is 6. The quantitative estimate of drug-likeness (QED) is 0.557. The van der Waals surface area contributed by atoms with Gasteiger partial charge in [-0.15, -0.1) is 0 Å². The molecule has 2 aliphatic heterocycles. The van der Waals surface area contributed by atoms with Crippen LogP contribution in [0.15, 0.2) is 30.3 Å². The first-order valence-electron chi connectivity index (χ1n) is 10.3. The third kappa shape index (κ3) is 4.41. The third-order valence-electron chi connectivity index (χ3n) is 5.33. The Morgan fingerprint density at radius 3 is 2.77 bits per heavy atom. The lowest BCUT2D eigenvalue weighted by Gasteiger charge is -2.28. The van der Waals surface area contributed by atoms with Gasteiger partial charge < -0.3 is 24.4 Å². The molecule has 1 saturated heterocycles. The minimum Gasteiger partial charge on any atom is -0.492 e. The number of benzene rings is 2. The second kappa shape index (κ2) is 8.81. The summed E-state index contributed by atoms with van der Waals surface area (Å²) in [5, 5.41) is 14.5. The molecule has 2 aromatic carbocycles. The van der Waals surface area contributed by atoms with Gasteiger partial charge in [-0.05, 0) is 32.0 Å². The lowest BCUT2D eigenvalue weighted by atomic mass is 10.1. The van der Waals surface area contributed by atoms with Crippen molar-refractivity contribution in [2.24, 2.45) is 0 Å². The fourth-order valence-electron chi connectivity index (χ4n) is 3.89. The number of carbonyl (C=O) groups is 1. The minimum atomic E-state index is -0.460. The highest BCUT2D eigenvalue weighted by atomic mass is 16.6. The molecule has 0 aromatic heterocycles. The highest BCUT2D eigenvalue weighted by Crippen LogP contribution is 2.38. The molecule has 1 atom stereocenters. The molecule has 164 valence electrons. The van der Waals surface area contributed by atoms with Crippen LogP contribution in [0.5, 0.6) is 11.5 Å². The molecular formula is C22H25N3O6. The van der Waals surface area contributed by atoms with Crippen molar-refractivity contribution in [3.63, 3.8) is 0 Å². The molecule has 0 spiro atoms. The molecule has 2 heterocycles. The fraction of sp³-hybridized carbons (Fsp3) is 0.409. The van der Waals surface area contributed by atoms with Crippen molar-refractivity contribution in [1.82, 2.24) is 0 Å². The summed E-state index contributed by atoms with van der Waals surface area (Å²) >= 11 is 0. The van der Waals surface area contributed by atoms with E-state index in [1.165, 1.54) is 6.07 Å². The molecule has 9 nitrogen and oxygen atoms in total. The Hall–Kier alpha value is -3.33. The van der Waals surface area contributed by atoms with E-state index in [0.29, 0.717) is 55.8 Å². The van der Waals surface area contributed by atoms with Crippen LogP contribution in [0.3, 0.4) is 0 Å². The predicted octanol–water partition coefficient (Wildman–Crippen LogP) is 3.41. The minimum absolute atomic E-state index is 0.0609. The van der Waals surface area contributed by atoms with Crippen LogP contribution in [0, 0.1) is 10.1 Å². The van der Waals surface area contributed by atoms with Crippen LogP contribution in [-0.4, -0.2) is 49.8 Å². The average Bonchev–Trinajstić information content (AvgIpc) is 3.13. The van der Waals surface area contributed by atoms with E-state index in [-0.39, 0.29) is 17.4 Å². The van der Waals surface area contributed by atoms with Gasteiger partial charge in [0.1, 0.15) is 23.3 Å². The smallest absolute Gasteiger partial charge is 0.293 e. The van der Waals surface area contributed by atoms with Crippen molar-refractivity contribution < 1.29 is 23.9 Å².